The van der Waals surface area contributed by atoms with Crippen LogP contribution in [0.2, 0.25) is 0 Å². The summed E-state index contributed by atoms with van der Waals surface area (Å²) >= 11 is 0. The van der Waals surface area contributed by atoms with Crippen molar-refractivity contribution in [2.75, 3.05) is 7.11 Å². The molecule has 2 heterocycles. The van der Waals surface area contributed by atoms with Crippen molar-refractivity contribution < 1.29 is 18.5 Å². The average Bonchev–Trinajstić information content (AvgIpc) is 3.25. The van der Waals surface area contributed by atoms with Crippen LogP contribution in [-0.4, -0.2) is 23.2 Å². The van der Waals surface area contributed by atoms with Gasteiger partial charge in [-0.05, 0) is 50.7 Å². The molecule has 3 aromatic rings. The average molecular weight is 382 g/mol. The molecule has 3 rings (SSSR count). The molecule has 0 saturated heterocycles. The van der Waals surface area contributed by atoms with Gasteiger partial charge in [-0.1, -0.05) is 29.4 Å². The Labute approximate surface area is 164 Å². The van der Waals surface area contributed by atoms with Crippen LogP contribution in [0.5, 0.6) is 0 Å². The van der Waals surface area contributed by atoms with Crippen molar-refractivity contribution in [2.45, 2.75) is 52.4 Å². The van der Waals surface area contributed by atoms with Crippen LogP contribution >= 0.6 is 0 Å². The van der Waals surface area contributed by atoms with Gasteiger partial charge in [0.15, 0.2) is 11.7 Å². The van der Waals surface area contributed by atoms with E-state index in [4.69, 9.17) is 13.7 Å². The SMILES string of the molecule is COC(=O)C(Cc1ccc(CCCc2nc(C)oc2C)cc1)c1cc(C)no1. The molecule has 0 aliphatic rings. The topological polar surface area (TPSA) is 78.4 Å². The highest BCUT2D eigenvalue weighted by Crippen LogP contribution is 2.24. The molecule has 0 amide bonds. The third-order valence-corrected chi connectivity index (χ3v) is 4.82. The highest BCUT2D eigenvalue weighted by atomic mass is 16.5. The van der Waals surface area contributed by atoms with E-state index >= 15 is 0 Å². The molecule has 28 heavy (non-hydrogen) atoms. The summed E-state index contributed by atoms with van der Waals surface area (Å²) in [5.41, 5.74) is 4.09. The summed E-state index contributed by atoms with van der Waals surface area (Å²) in [6, 6.07) is 10.1. The van der Waals surface area contributed by atoms with E-state index in [1.807, 2.05) is 20.8 Å². The van der Waals surface area contributed by atoms with E-state index in [1.54, 1.807) is 6.07 Å². The molecule has 1 aromatic carbocycles. The monoisotopic (exact) mass is 382 g/mol. The molecule has 6 heteroatoms. The predicted molar refractivity (Wildman–Crippen MR) is 104 cm³/mol. The predicted octanol–water partition coefficient (Wildman–Crippen LogP) is 4.26. The highest BCUT2D eigenvalue weighted by Gasteiger charge is 2.26. The first kappa shape index (κ1) is 19.9. The Morgan fingerprint density at radius 1 is 1.11 bits per heavy atom. The number of ether oxygens (including phenoxy) is 1. The Morgan fingerprint density at radius 3 is 2.39 bits per heavy atom. The summed E-state index contributed by atoms with van der Waals surface area (Å²) in [6.07, 6.45) is 3.39. The fourth-order valence-corrected chi connectivity index (χ4v) is 3.33. The first-order valence-electron chi connectivity index (χ1n) is 9.48. The summed E-state index contributed by atoms with van der Waals surface area (Å²) in [5, 5.41) is 3.88. The number of aryl methyl sites for hydroxylation is 5. The molecule has 0 N–H and O–H groups in total. The molecule has 0 fully saturated rings. The van der Waals surface area contributed by atoms with Crippen molar-refractivity contribution in [3.8, 4) is 0 Å². The lowest BCUT2D eigenvalue weighted by Crippen LogP contribution is -2.16. The van der Waals surface area contributed by atoms with Gasteiger partial charge in [-0.15, -0.1) is 0 Å². The van der Waals surface area contributed by atoms with Gasteiger partial charge in [0.25, 0.3) is 0 Å². The Hall–Kier alpha value is -2.89. The lowest BCUT2D eigenvalue weighted by atomic mass is 9.95. The molecule has 0 saturated carbocycles. The molecule has 148 valence electrons. The summed E-state index contributed by atoms with van der Waals surface area (Å²) in [7, 11) is 1.39. The Morgan fingerprint density at radius 2 is 1.82 bits per heavy atom. The molecule has 0 aliphatic heterocycles. The second-order valence-electron chi connectivity index (χ2n) is 7.06. The van der Waals surface area contributed by atoms with Crippen LogP contribution in [0.25, 0.3) is 0 Å². The maximum atomic E-state index is 12.2. The minimum atomic E-state index is -0.490. The molecule has 0 spiro atoms. The number of hydrogen-bond donors (Lipinski definition) is 0. The normalized spacial score (nSPS) is 12.1. The summed E-state index contributed by atoms with van der Waals surface area (Å²) in [6.45, 7) is 5.66. The number of nitrogens with zero attached hydrogens (tertiary/aromatic N) is 2. The van der Waals surface area contributed by atoms with Gasteiger partial charge in [0.2, 0.25) is 0 Å². The van der Waals surface area contributed by atoms with E-state index in [1.165, 1.54) is 12.7 Å². The number of carbonyl (C=O) groups excluding carboxylic acids is 1. The molecular weight excluding hydrogens is 356 g/mol. The van der Waals surface area contributed by atoms with Gasteiger partial charge >= 0.3 is 5.97 Å². The van der Waals surface area contributed by atoms with Gasteiger partial charge in [0, 0.05) is 13.0 Å². The first-order chi connectivity index (χ1) is 13.5. The maximum Gasteiger partial charge on any atom is 0.316 e. The number of rotatable bonds is 8. The number of esters is 1. The zero-order chi connectivity index (χ0) is 20.1. The van der Waals surface area contributed by atoms with Gasteiger partial charge in [0.05, 0.1) is 18.5 Å². The lowest BCUT2D eigenvalue weighted by molar-refractivity contribution is -0.142. The van der Waals surface area contributed by atoms with Crippen LogP contribution in [0.15, 0.2) is 39.3 Å². The summed E-state index contributed by atoms with van der Waals surface area (Å²) in [5.74, 6) is 1.35. The summed E-state index contributed by atoms with van der Waals surface area (Å²) in [4.78, 5) is 16.6. The second-order valence-corrected chi connectivity index (χ2v) is 7.06. The Bertz CT molecular complexity index is 924. The standard InChI is InChI=1S/C22H26N2O4/c1-14-12-21(28-24-14)19(22(25)26-4)13-18-10-8-17(9-11-18)6-5-7-20-15(2)27-16(3)23-20/h8-12,19H,5-7,13H2,1-4H3. The van der Waals surface area contributed by atoms with Gasteiger partial charge in [-0.25, -0.2) is 4.98 Å². The molecule has 0 bridgehead atoms. The zero-order valence-electron chi connectivity index (χ0n) is 16.8. The number of benzene rings is 1. The summed E-state index contributed by atoms with van der Waals surface area (Å²) < 4.78 is 15.7. The minimum Gasteiger partial charge on any atom is -0.468 e. The first-order valence-corrected chi connectivity index (χ1v) is 9.48. The van der Waals surface area contributed by atoms with Crippen molar-refractivity contribution in [2.24, 2.45) is 0 Å². The number of methoxy groups -OCH3 is 1. The quantitative estimate of drug-likeness (QED) is 0.542. The van der Waals surface area contributed by atoms with E-state index in [9.17, 15) is 4.79 Å². The number of carbonyl (C=O) groups is 1. The van der Waals surface area contributed by atoms with Crippen LogP contribution in [0.1, 0.15) is 52.3 Å². The van der Waals surface area contributed by atoms with Gasteiger partial charge in [-0.3, -0.25) is 4.79 Å². The second kappa shape index (κ2) is 8.87. The van der Waals surface area contributed by atoms with Crippen molar-refractivity contribution in [3.63, 3.8) is 0 Å². The smallest absolute Gasteiger partial charge is 0.316 e. The molecule has 0 aliphatic carbocycles. The number of oxazole rings is 1. The maximum absolute atomic E-state index is 12.2. The molecule has 1 atom stereocenters. The fourth-order valence-electron chi connectivity index (χ4n) is 3.33. The van der Waals surface area contributed by atoms with Crippen LogP contribution < -0.4 is 0 Å². The van der Waals surface area contributed by atoms with E-state index in [2.05, 4.69) is 34.4 Å². The molecular formula is C22H26N2O4. The third-order valence-electron chi connectivity index (χ3n) is 4.82. The number of hydrogen-bond acceptors (Lipinski definition) is 6. The van der Waals surface area contributed by atoms with Crippen LogP contribution in [-0.2, 0) is 28.8 Å². The van der Waals surface area contributed by atoms with Crippen LogP contribution in [0, 0.1) is 20.8 Å². The largest absolute Gasteiger partial charge is 0.468 e. The zero-order valence-corrected chi connectivity index (χ0v) is 16.8. The highest BCUT2D eigenvalue weighted by molar-refractivity contribution is 5.77. The van der Waals surface area contributed by atoms with E-state index in [0.29, 0.717) is 12.2 Å². The minimum absolute atomic E-state index is 0.321. The van der Waals surface area contributed by atoms with Crippen LogP contribution in [0.4, 0.5) is 0 Å². The van der Waals surface area contributed by atoms with Crippen LogP contribution in [0.3, 0.4) is 0 Å². The van der Waals surface area contributed by atoms with E-state index in [-0.39, 0.29) is 5.97 Å². The van der Waals surface area contributed by atoms with Crippen molar-refractivity contribution in [1.82, 2.24) is 10.1 Å². The van der Waals surface area contributed by atoms with E-state index in [0.717, 1.165) is 47.9 Å². The fraction of sp³-hybridized carbons (Fsp3) is 0.409. The van der Waals surface area contributed by atoms with Gasteiger partial charge in [0.1, 0.15) is 11.7 Å². The lowest BCUT2D eigenvalue weighted by Gasteiger charge is -2.12. The van der Waals surface area contributed by atoms with Crippen molar-refractivity contribution in [1.29, 1.82) is 0 Å². The number of aromatic nitrogens is 2. The van der Waals surface area contributed by atoms with Crippen molar-refractivity contribution >= 4 is 5.97 Å². The van der Waals surface area contributed by atoms with Gasteiger partial charge < -0.3 is 13.7 Å². The van der Waals surface area contributed by atoms with Crippen molar-refractivity contribution in [3.05, 3.63) is 70.3 Å². The van der Waals surface area contributed by atoms with E-state index < -0.39 is 5.92 Å². The Kier molecular flexibility index (Phi) is 6.29. The van der Waals surface area contributed by atoms with Gasteiger partial charge in [-0.2, -0.15) is 0 Å². The molecule has 2 aromatic heterocycles. The molecule has 6 nitrogen and oxygen atoms in total. The molecule has 0 radical (unpaired) electrons. The third kappa shape index (κ3) is 4.88. The Balaban J connectivity index is 1.59. The molecule has 1 unspecified atom stereocenters.